The van der Waals surface area contributed by atoms with Crippen LogP contribution in [0.1, 0.15) is 11.1 Å². The Morgan fingerprint density at radius 2 is 1.63 bits per heavy atom. The molecule has 0 saturated carbocycles. The fourth-order valence-electron chi connectivity index (χ4n) is 1.65. The highest BCUT2D eigenvalue weighted by atomic mass is 35.5. The summed E-state index contributed by atoms with van der Waals surface area (Å²) in [5.74, 6) is 0. The van der Waals surface area contributed by atoms with Gasteiger partial charge in [0.1, 0.15) is 0 Å². The molecule has 0 fully saturated rings. The van der Waals surface area contributed by atoms with Gasteiger partial charge >= 0.3 is 0 Å². The molecule has 3 nitrogen and oxygen atoms in total. The second-order valence-corrected chi connectivity index (χ2v) is 6.42. The van der Waals surface area contributed by atoms with E-state index in [0.717, 1.165) is 11.1 Å². The lowest BCUT2D eigenvalue weighted by molar-refractivity contribution is 0.601. The molecule has 2 aromatic rings. The van der Waals surface area contributed by atoms with Gasteiger partial charge in [-0.1, -0.05) is 41.4 Å². The first kappa shape index (κ1) is 13.9. The van der Waals surface area contributed by atoms with Crippen LogP contribution in [0.3, 0.4) is 0 Å². The number of nitrogens with one attached hydrogen (secondary N) is 1. The first-order chi connectivity index (χ1) is 8.90. The molecule has 0 aromatic heterocycles. The molecule has 0 atom stereocenters. The summed E-state index contributed by atoms with van der Waals surface area (Å²) < 4.78 is 26.9. The first-order valence-corrected chi connectivity index (χ1v) is 7.61. The molecule has 0 spiro atoms. The maximum Gasteiger partial charge on any atom is 0.261 e. The third-order valence-electron chi connectivity index (χ3n) is 2.77. The van der Waals surface area contributed by atoms with Gasteiger partial charge in [-0.25, -0.2) is 8.42 Å². The predicted molar refractivity (Wildman–Crippen MR) is 78.2 cm³/mol. The Morgan fingerprint density at radius 3 is 2.26 bits per heavy atom. The van der Waals surface area contributed by atoms with Crippen molar-refractivity contribution in [1.29, 1.82) is 0 Å². The smallest absolute Gasteiger partial charge is 0.261 e. The van der Waals surface area contributed by atoms with Crippen LogP contribution in [-0.4, -0.2) is 8.42 Å². The summed E-state index contributed by atoms with van der Waals surface area (Å²) in [4.78, 5) is 0.218. The van der Waals surface area contributed by atoms with E-state index in [0.29, 0.717) is 10.7 Å². The normalized spacial score (nSPS) is 11.3. The Bertz CT molecular complexity index is 694. The number of sulfonamides is 1. The minimum Gasteiger partial charge on any atom is -0.278 e. The molecule has 0 bridgehead atoms. The molecule has 19 heavy (non-hydrogen) atoms. The Labute approximate surface area is 118 Å². The molecule has 0 radical (unpaired) electrons. The Balaban J connectivity index is 2.36. The summed E-state index contributed by atoms with van der Waals surface area (Å²) in [6, 6.07) is 11.9. The lowest BCUT2D eigenvalue weighted by Crippen LogP contribution is -2.13. The van der Waals surface area contributed by atoms with E-state index in [9.17, 15) is 8.42 Å². The summed E-state index contributed by atoms with van der Waals surface area (Å²) in [5, 5.41) is 0.415. The number of hydrogen-bond acceptors (Lipinski definition) is 2. The highest BCUT2D eigenvalue weighted by Gasteiger charge is 2.15. The predicted octanol–water partition coefficient (Wildman–Crippen LogP) is 3.76. The van der Waals surface area contributed by atoms with Crippen LogP contribution in [0.15, 0.2) is 47.4 Å². The summed E-state index contributed by atoms with van der Waals surface area (Å²) in [6.45, 7) is 3.73. The monoisotopic (exact) mass is 295 g/mol. The zero-order valence-electron chi connectivity index (χ0n) is 10.6. The summed E-state index contributed by atoms with van der Waals surface area (Å²) >= 11 is 6.09. The fraction of sp³-hybridized carbons (Fsp3) is 0.143. The molecular formula is C14H14ClNO2S. The van der Waals surface area contributed by atoms with Crippen molar-refractivity contribution < 1.29 is 8.42 Å². The minimum absolute atomic E-state index is 0.218. The summed E-state index contributed by atoms with van der Waals surface area (Å²) in [5.41, 5.74) is 2.22. The second kappa shape index (κ2) is 5.23. The number of anilines is 1. The largest absolute Gasteiger partial charge is 0.278 e. The van der Waals surface area contributed by atoms with Crippen LogP contribution in [-0.2, 0) is 10.0 Å². The quantitative estimate of drug-likeness (QED) is 0.937. The second-order valence-electron chi connectivity index (χ2n) is 4.36. The van der Waals surface area contributed by atoms with Crippen LogP contribution in [0.4, 0.5) is 5.69 Å². The van der Waals surface area contributed by atoms with E-state index in [4.69, 9.17) is 11.6 Å². The van der Waals surface area contributed by atoms with Gasteiger partial charge in [0.25, 0.3) is 10.0 Å². The van der Waals surface area contributed by atoms with E-state index >= 15 is 0 Å². The van der Waals surface area contributed by atoms with E-state index in [1.165, 1.54) is 0 Å². The van der Waals surface area contributed by atoms with E-state index in [2.05, 4.69) is 4.72 Å². The lowest BCUT2D eigenvalue weighted by Gasteiger charge is -2.11. The van der Waals surface area contributed by atoms with Crippen LogP contribution >= 0.6 is 11.6 Å². The molecule has 0 aliphatic heterocycles. The standard InChI is InChI=1S/C14H14ClNO2S/c1-10-6-8-12(9-7-10)19(17,18)16-13-5-3-4-11(2)14(13)15/h3-9,16H,1-2H3. The van der Waals surface area contributed by atoms with Crippen LogP contribution in [0, 0.1) is 13.8 Å². The van der Waals surface area contributed by atoms with Crippen molar-refractivity contribution in [3.05, 3.63) is 58.6 Å². The number of benzene rings is 2. The zero-order valence-corrected chi connectivity index (χ0v) is 12.2. The SMILES string of the molecule is Cc1ccc(S(=O)(=O)Nc2cccc(C)c2Cl)cc1. The molecule has 0 saturated heterocycles. The zero-order chi connectivity index (χ0) is 14.0. The van der Waals surface area contributed by atoms with E-state index < -0.39 is 10.0 Å². The molecular weight excluding hydrogens is 282 g/mol. The van der Waals surface area contributed by atoms with Gasteiger partial charge in [-0.15, -0.1) is 0 Å². The third-order valence-corrected chi connectivity index (χ3v) is 4.65. The molecule has 0 aliphatic carbocycles. The van der Waals surface area contributed by atoms with Gasteiger partial charge in [0.15, 0.2) is 0 Å². The van der Waals surface area contributed by atoms with E-state index in [1.54, 1.807) is 36.4 Å². The number of halogens is 1. The number of rotatable bonds is 3. The molecule has 2 aromatic carbocycles. The Kier molecular flexibility index (Phi) is 3.83. The van der Waals surface area contributed by atoms with Crippen LogP contribution in [0.5, 0.6) is 0 Å². The van der Waals surface area contributed by atoms with Crippen LogP contribution in [0.2, 0.25) is 5.02 Å². The molecule has 5 heteroatoms. The maximum atomic E-state index is 12.2. The van der Waals surface area contributed by atoms with Crippen LogP contribution in [0.25, 0.3) is 0 Å². The molecule has 0 aliphatic rings. The van der Waals surface area contributed by atoms with Gasteiger partial charge in [-0.05, 0) is 37.6 Å². The van der Waals surface area contributed by atoms with Crippen molar-refractivity contribution in [1.82, 2.24) is 0 Å². The first-order valence-electron chi connectivity index (χ1n) is 5.75. The topological polar surface area (TPSA) is 46.2 Å². The van der Waals surface area contributed by atoms with Gasteiger partial charge in [0, 0.05) is 0 Å². The molecule has 100 valence electrons. The maximum absolute atomic E-state index is 12.2. The van der Waals surface area contributed by atoms with E-state index in [1.807, 2.05) is 19.9 Å². The van der Waals surface area contributed by atoms with Crippen molar-refractivity contribution in [3.63, 3.8) is 0 Å². The lowest BCUT2D eigenvalue weighted by atomic mass is 10.2. The van der Waals surface area contributed by atoms with Gasteiger partial charge in [0.2, 0.25) is 0 Å². The van der Waals surface area contributed by atoms with Gasteiger partial charge in [0.05, 0.1) is 15.6 Å². The summed E-state index contributed by atoms with van der Waals surface area (Å²) in [7, 11) is -3.60. The van der Waals surface area contributed by atoms with Crippen molar-refractivity contribution in [2.75, 3.05) is 4.72 Å². The van der Waals surface area contributed by atoms with Crippen molar-refractivity contribution >= 4 is 27.3 Å². The van der Waals surface area contributed by atoms with Gasteiger partial charge in [-0.3, -0.25) is 4.72 Å². The Hall–Kier alpha value is -1.52. The fourth-order valence-corrected chi connectivity index (χ4v) is 2.95. The van der Waals surface area contributed by atoms with Gasteiger partial charge < -0.3 is 0 Å². The van der Waals surface area contributed by atoms with Crippen molar-refractivity contribution in [3.8, 4) is 0 Å². The van der Waals surface area contributed by atoms with Crippen LogP contribution < -0.4 is 4.72 Å². The van der Waals surface area contributed by atoms with Gasteiger partial charge in [-0.2, -0.15) is 0 Å². The highest BCUT2D eigenvalue weighted by Crippen LogP contribution is 2.27. The molecule has 2 rings (SSSR count). The molecule has 0 unspecified atom stereocenters. The Morgan fingerprint density at radius 1 is 1.00 bits per heavy atom. The molecule has 1 N–H and O–H groups in total. The average Bonchev–Trinajstić information content (AvgIpc) is 2.35. The van der Waals surface area contributed by atoms with Crippen molar-refractivity contribution in [2.24, 2.45) is 0 Å². The number of hydrogen-bond donors (Lipinski definition) is 1. The third kappa shape index (κ3) is 3.08. The van der Waals surface area contributed by atoms with Crippen molar-refractivity contribution in [2.45, 2.75) is 18.7 Å². The summed E-state index contributed by atoms with van der Waals surface area (Å²) in [6.07, 6.45) is 0. The highest BCUT2D eigenvalue weighted by molar-refractivity contribution is 7.92. The van der Waals surface area contributed by atoms with E-state index in [-0.39, 0.29) is 4.90 Å². The minimum atomic E-state index is -3.60. The molecule has 0 amide bonds. The number of aryl methyl sites for hydroxylation is 2. The molecule has 0 heterocycles. The average molecular weight is 296 g/mol.